The SMILES string of the molecule is O=C(O)CC(NC(=O)CCCc1ccccc1)c1ccc(Cl)cc1. The number of hydrogen-bond acceptors (Lipinski definition) is 2. The zero-order valence-electron chi connectivity index (χ0n) is 13.2. The molecule has 1 amide bonds. The number of carboxylic acid groups (broad SMARTS) is 1. The van der Waals surface area contributed by atoms with Crippen LogP contribution in [0.25, 0.3) is 0 Å². The molecule has 0 aromatic heterocycles. The van der Waals surface area contributed by atoms with Crippen LogP contribution in [0.5, 0.6) is 0 Å². The summed E-state index contributed by atoms with van der Waals surface area (Å²) in [5, 5.41) is 12.4. The third kappa shape index (κ3) is 6.05. The van der Waals surface area contributed by atoms with Gasteiger partial charge >= 0.3 is 5.97 Å². The number of benzene rings is 2. The first kappa shape index (κ1) is 18.0. The van der Waals surface area contributed by atoms with E-state index in [4.69, 9.17) is 16.7 Å². The van der Waals surface area contributed by atoms with Crippen molar-refractivity contribution in [2.24, 2.45) is 0 Å². The van der Waals surface area contributed by atoms with E-state index in [-0.39, 0.29) is 12.3 Å². The highest BCUT2D eigenvalue weighted by Crippen LogP contribution is 2.20. The Bertz CT molecular complexity index is 671. The van der Waals surface area contributed by atoms with Crippen LogP contribution in [0.4, 0.5) is 0 Å². The van der Waals surface area contributed by atoms with E-state index < -0.39 is 12.0 Å². The summed E-state index contributed by atoms with van der Waals surface area (Å²) in [6.45, 7) is 0. The Morgan fingerprint density at radius 2 is 1.71 bits per heavy atom. The first-order valence-electron chi connectivity index (χ1n) is 7.85. The average molecular weight is 346 g/mol. The third-order valence-electron chi connectivity index (χ3n) is 3.70. The molecule has 0 heterocycles. The summed E-state index contributed by atoms with van der Waals surface area (Å²) >= 11 is 5.85. The first-order valence-corrected chi connectivity index (χ1v) is 8.23. The second-order valence-corrected chi connectivity index (χ2v) is 6.05. The number of nitrogens with one attached hydrogen (secondary N) is 1. The third-order valence-corrected chi connectivity index (χ3v) is 3.95. The predicted octanol–water partition coefficient (Wildman–Crippen LogP) is 3.99. The van der Waals surface area contributed by atoms with E-state index in [0.29, 0.717) is 11.4 Å². The molecule has 5 heteroatoms. The zero-order valence-corrected chi connectivity index (χ0v) is 14.0. The van der Waals surface area contributed by atoms with E-state index in [9.17, 15) is 9.59 Å². The van der Waals surface area contributed by atoms with Crippen molar-refractivity contribution in [1.29, 1.82) is 0 Å². The molecule has 0 radical (unpaired) electrons. The first-order chi connectivity index (χ1) is 11.5. The lowest BCUT2D eigenvalue weighted by molar-refractivity contribution is -0.137. The van der Waals surface area contributed by atoms with Crippen molar-refractivity contribution in [3.05, 3.63) is 70.7 Å². The fraction of sp³-hybridized carbons (Fsp3) is 0.263. The summed E-state index contributed by atoms with van der Waals surface area (Å²) in [7, 11) is 0. The van der Waals surface area contributed by atoms with Gasteiger partial charge in [0.1, 0.15) is 0 Å². The Hall–Kier alpha value is -2.33. The average Bonchev–Trinajstić information content (AvgIpc) is 2.55. The van der Waals surface area contributed by atoms with Crippen molar-refractivity contribution in [3.8, 4) is 0 Å². The molecular weight excluding hydrogens is 326 g/mol. The Morgan fingerprint density at radius 3 is 2.33 bits per heavy atom. The summed E-state index contributed by atoms with van der Waals surface area (Å²) in [6, 6.07) is 16.2. The van der Waals surface area contributed by atoms with E-state index in [1.165, 1.54) is 5.56 Å². The van der Waals surface area contributed by atoms with Crippen LogP contribution in [0.2, 0.25) is 5.02 Å². The van der Waals surface area contributed by atoms with Crippen LogP contribution >= 0.6 is 11.6 Å². The molecule has 2 aromatic rings. The quantitative estimate of drug-likeness (QED) is 0.760. The normalized spacial score (nSPS) is 11.7. The summed E-state index contributed by atoms with van der Waals surface area (Å²) in [6.07, 6.45) is 1.74. The molecule has 4 nitrogen and oxygen atoms in total. The maximum Gasteiger partial charge on any atom is 0.305 e. The number of aliphatic carboxylic acids is 1. The molecule has 1 unspecified atom stereocenters. The van der Waals surface area contributed by atoms with Crippen molar-refractivity contribution < 1.29 is 14.7 Å². The smallest absolute Gasteiger partial charge is 0.305 e. The fourth-order valence-electron chi connectivity index (χ4n) is 2.49. The molecule has 1 atom stereocenters. The summed E-state index contributed by atoms with van der Waals surface area (Å²) in [4.78, 5) is 23.2. The zero-order chi connectivity index (χ0) is 17.4. The fourth-order valence-corrected chi connectivity index (χ4v) is 2.61. The maximum atomic E-state index is 12.1. The highest BCUT2D eigenvalue weighted by atomic mass is 35.5. The monoisotopic (exact) mass is 345 g/mol. The maximum absolute atomic E-state index is 12.1. The second-order valence-electron chi connectivity index (χ2n) is 5.61. The highest BCUT2D eigenvalue weighted by Gasteiger charge is 2.17. The van der Waals surface area contributed by atoms with Crippen molar-refractivity contribution in [2.45, 2.75) is 31.7 Å². The van der Waals surface area contributed by atoms with Crippen molar-refractivity contribution >= 4 is 23.5 Å². The minimum absolute atomic E-state index is 0.146. The lowest BCUT2D eigenvalue weighted by atomic mass is 10.0. The summed E-state index contributed by atoms with van der Waals surface area (Å²) in [5.74, 6) is -1.10. The summed E-state index contributed by atoms with van der Waals surface area (Å²) < 4.78 is 0. The van der Waals surface area contributed by atoms with Crippen molar-refractivity contribution in [3.63, 3.8) is 0 Å². The number of aryl methyl sites for hydroxylation is 1. The second kappa shape index (κ2) is 9.08. The molecule has 0 aliphatic carbocycles. The van der Waals surface area contributed by atoms with Gasteiger partial charge in [0.05, 0.1) is 12.5 Å². The van der Waals surface area contributed by atoms with Gasteiger partial charge in [-0.1, -0.05) is 54.1 Å². The standard InChI is InChI=1S/C19H20ClNO3/c20-16-11-9-15(10-12-16)17(13-19(23)24)21-18(22)8-4-7-14-5-2-1-3-6-14/h1-3,5-6,9-12,17H,4,7-8,13H2,(H,21,22)(H,23,24). The molecule has 0 aliphatic rings. The Labute approximate surface area is 146 Å². The van der Waals surface area contributed by atoms with Gasteiger partial charge in [0.25, 0.3) is 0 Å². The lowest BCUT2D eigenvalue weighted by Crippen LogP contribution is -2.30. The van der Waals surface area contributed by atoms with Crippen molar-refractivity contribution in [2.75, 3.05) is 0 Å². The molecule has 0 bridgehead atoms. The predicted molar refractivity (Wildman–Crippen MR) is 94.0 cm³/mol. The topological polar surface area (TPSA) is 66.4 Å². The van der Waals surface area contributed by atoms with Crippen LogP contribution < -0.4 is 5.32 Å². The number of rotatable bonds is 8. The number of halogens is 1. The Kier molecular flexibility index (Phi) is 6.82. The van der Waals surface area contributed by atoms with Gasteiger partial charge in [-0.15, -0.1) is 0 Å². The van der Waals surface area contributed by atoms with Gasteiger partial charge in [-0.05, 0) is 36.1 Å². The molecule has 2 N–H and O–H groups in total. The van der Waals surface area contributed by atoms with Gasteiger partial charge in [-0.3, -0.25) is 9.59 Å². The largest absolute Gasteiger partial charge is 0.481 e. The molecule has 0 aliphatic heterocycles. The molecule has 0 saturated heterocycles. The molecule has 24 heavy (non-hydrogen) atoms. The Balaban J connectivity index is 1.89. The van der Waals surface area contributed by atoms with Gasteiger partial charge in [0.2, 0.25) is 5.91 Å². The summed E-state index contributed by atoms with van der Waals surface area (Å²) in [5.41, 5.74) is 1.92. The van der Waals surface area contributed by atoms with E-state index in [1.807, 2.05) is 30.3 Å². The lowest BCUT2D eigenvalue weighted by Gasteiger charge is -2.17. The molecule has 2 aromatic carbocycles. The van der Waals surface area contributed by atoms with Gasteiger partial charge in [0.15, 0.2) is 0 Å². The van der Waals surface area contributed by atoms with E-state index in [1.54, 1.807) is 24.3 Å². The van der Waals surface area contributed by atoms with Crippen LogP contribution in [0, 0.1) is 0 Å². The van der Waals surface area contributed by atoms with Crippen LogP contribution in [-0.4, -0.2) is 17.0 Å². The minimum atomic E-state index is -0.959. The number of carbonyl (C=O) groups excluding carboxylic acids is 1. The van der Waals surface area contributed by atoms with E-state index in [0.717, 1.165) is 18.4 Å². The van der Waals surface area contributed by atoms with Crippen LogP contribution in [0.3, 0.4) is 0 Å². The minimum Gasteiger partial charge on any atom is -0.481 e. The molecule has 2 rings (SSSR count). The number of amides is 1. The molecule has 0 fully saturated rings. The highest BCUT2D eigenvalue weighted by molar-refractivity contribution is 6.30. The number of carbonyl (C=O) groups is 2. The molecule has 126 valence electrons. The van der Waals surface area contributed by atoms with Gasteiger partial charge in [0, 0.05) is 11.4 Å². The van der Waals surface area contributed by atoms with Crippen LogP contribution in [0.1, 0.15) is 36.4 Å². The number of hydrogen-bond donors (Lipinski definition) is 2. The number of carboxylic acids is 1. The van der Waals surface area contributed by atoms with Gasteiger partial charge in [-0.2, -0.15) is 0 Å². The van der Waals surface area contributed by atoms with Gasteiger partial charge in [-0.25, -0.2) is 0 Å². The van der Waals surface area contributed by atoms with Crippen LogP contribution in [-0.2, 0) is 16.0 Å². The Morgan fingerprint density at radius 1 is 1.04 bits per heavy atom. The van der Waals surface area contributed by atoms with Crippen molar-refractivity contribution in [1.82, 2.24) is 5.32 Å². The molecule has 0 saturated carbocycles. The van der Waals surface area contributed by atoms with Gasteiger partial charge < -0.3 is 10.4 Å². The molecule has 0 spiro atoms. The van der Waals surface area contributed by atoms with E-state index in [2.05, 4.69) is 5.32 Å². The van der Waals surface area contributed by atoms with Crippen LogP contribution in [0.15, 0.2) is 54.6 Å². The molecular formula is C19H20ClNO3. The van der Waals surface area contributed by atoms with E-state index >= 15 is 0 Å².